The minimum Gasteiger partial charge on any atom is -0.378 e. The van der Waals surface area contributed by atoms with E-state index >= 15 is 0 Å². The first-order valence-electron chi connectivity index (χ1n) is 7.12. The maximum atomic E-state index is 12.0. The zero-order chi connectivity index (χ0) is 14.8. The Bertz CT molecular complexity index is 473. The van der Waals surface area contributed by atoms with Crippen molar-refractivity contribution in [2.45, 2.75) is 51.7 Å². The van der Waals surface area contributed by atoms with E-state index in [9.17, 15) is 4.79 Å². The predicted octanol–water partition coefficient (Wildman–Crippen LogP) is 2.33. The van der Waals surface area contributed by atoms with Crippen molar-refractivity contribution in [1.29, 1.82) is 0 Å². The number of amides is 1. The molecule has 0 saturated heterocycles. The van der Waals surface area contributed by atoms with E-state index in [1.807, 2.05) is 12.1 Å². The molecule has 0 aliphatic heterocycles. The quantitative estimate of drug-likeness (QED) is 0.898. The molecule has 110 valence electrons. The summed E-state index contributed by atoms with van der Waals surface area (Å²) in [6.07, 6.45) is 5.65. The van der Waals surface area contributed by atoms with Gasteiger partial charge in [0, 0.05) is 37.4 Å². The fraction of sp³-hybridized carbons (Fsp3) is 0.625. The molecule has 0 aromatic carbocycles. The number of aromatic nitrogens is 1. The lowest BCUT2D eigenvalue weighted by Gasteiger charge is -2.59. The zero-order valence-electron chi connectivity index (χ0n) is 12.8. The summed E-state index contributed by atoms with van der Waals surface area (Å²) in [5, 5.41) is 3.13. The number of nitrogens with one attached hydrogen (secondary N) is 1. The number of ether oxygens (including phenoxy) is 1. The Kier molecular flexibility index (Phi) is 4.14. The topological polar surface area (TPSA) is 51.2 Å². The number of pyridine rings is 1. The van der Waals surface area contributed by atoms with Crippen molar-refractivity contribution in [3.8, 4) is 0 Å². The summed E-state index contributed by atoms with van der Waals surface area (Å²) in [5.41, 5.74) is 0.967. The molecule has 1 saturated carbocycles. The van der Waals surface area contributed by atoms with Crippen LogP contribution in [0.25, 0.3) is 0 Å². The first-order valence-corrected chi connectivity index (χ1v) is 7.12. The molecule has 1 N–H and O–H groups in total. The average Bonchev–Trinajstić information content (AvgIpc) is 2.45. The molecule has 2 atom stereocenters. The summed E-state index contributed by atoms with van der Waals surface area (Å²) in [4.78, 5) is 16.0. The van der Waals surface area contributed by atoms with Gasteiger partial charge in [-0.1, -0.05) is 13.8 Å². The van der Waals surface area contributed by atoms with Crippen LogP contribution in [0.5, 0.6) is 0 Å². The molecule has 0 spiro atoms. The maximum Gasteiger partial charge on any atom is 0.220 e. The van der Waals surface area contributed by atoms with Crippen molar-refractivity contribution in [1.82, 2.24) is 10.3 Å². The van der Waals surface area contributed by atoms with E-state index in [-0.39, 0.29) is 23.0 Å². The highest BCUT2D eigenvalue weighted by atomic mass is 16.5. The highest BCUT2D eigenvalue weighted by molar-refractivity contribution is 5.76. The third kappa shape index (κ3) is 2.70. The normalized spacial score (nSPS) is 27.7. The minimum atomic E-state index is -0.143. The lowest BCUT2D eigenvalue weighted by Crippen LogP contribution is -2.68. The number of carbonyl (C=O) groups is 1. The summed E-state index contributed by atoms with van der Waals surface area (Å²) < 4.78 is 5.57. The monoisotopic (exact) mass is 276 g/mol. The van der Waals surface area contributed by atoms with Crippen LogP contribution in [0.4, 0.5) is 0 Å². The van der Waals surface area contributed by atoms with E-state index < -0.39 is 0 Å². The molecule has 1 aliphatic rings. The summed E-state index contributed by atoms with van der Waals surface area (Å²) in [5.74, 6) is 0.109. The predicted molar refractivity (Wildman–Crippen MR) is 78.3 cm³/mol. The van der Waals surface area contributed by atoms with Crippen molar-refractivity contribution in [3.05, 3.63) is 30.1 Å². The smallest absolute Gasteiger partial charge is 0.220 e. The summed E-state index contributed by atoms with van der Waals surface area (Å²) in [7, 11) is 1.74. The van der Waals surface area contributed by atoms with Crippen LogP contribution in [0, 0.1) is 5.41 Å². The Hall–Kier alpha value is -1.42. The van der Waals surface area contributed by atoms with Gasteiger partial charge in [-0.25, -0.2) is 0 Å². The van der Waals surface area contributed by atoms with Crippen LogP contribution in [0.1, 0.15) is 39.2 Å². The van der Waals surface area contributed by atoms with Gasteiger partial charge in [-0.05, 0) is 37.5 Å². The van der Waals surface area contributed by atoms with Crippen molar-refractivity contribution in [2.75, 3.05) is 7.11 Å². The SMILES string of the molecule is CO[C@]1(C)C[C@@H](NC(=O)CCc2ccncc2)C1(C)C. The number of carbonyl (C=O) groups excluding carboxylic acids is 1. The molecule has 20 heavy (non-hydrogen) atoms. The average molecular weight is 276 g/mol. The Morgan fingerprint density at radius 2 is 2.05 bits per heavy atom. The van der Waals surface area contributed by atoms with E-state index in [0.29, 0.717) is 6.42 Å². The van der Waals surface area contributed by atoms with E-state index in [1.54, 1.807) is 19.5 Å². The fourth-order valence-corrected chi connectivity index (χ4v) is 2.80. The molecule has 0 unspecified atom stereocenters. The van der Waals surface area contributed by atoms with Crippen molar-refractivity contribution in [3.63, 3.8) is 0 Å². The number of rotatable bonds is 5. The van der Waals surface area contributed by atoms with Gasteiger partial charge in [-0.2, -0.15) is 0 Å². The number of hydrogen-bond acceptors (Lipinski definition) is 3. The fourth-order valence-electron chi connectivity index (χ4n) is 2.80. The third-order valence-corrected chi connectivity index (χ3v) is 5.00. The van der Waals surface area contributed by atoms with Crippen molar-refractivity contribution < 1.29 is 9.53 Å². The summed E-state index contributed by atoms with van der Waals surface area (Å²) in [6.45, 7) is 6.40. The number of aryl methyl sites for hydroxylation is 1. The standard InChI is InChI=1S/C16H24N2O2/c1-15(2)13(11-16(15,3)20-4)18-14(19)6-5-12-7-9-17-10-8-12/h7-10,13H,5-6,11H2,1-4H3,(H,18,19)/t13-,16-/m1/s1. The molecular formula is C16H24N2O2. The van der Waals surface area contributed by atoms with Gasteiger partial charge in [-0.3, -0.25) is 9.78 Å². The lowest BCUT2D eigenvalue weighted by molar-refractivity contribution is -0.182. The van der Waals surface area contributed by atoms with E-state index in [2.05, 4.69) is 31.1 Å². The second-order valence-corrected chi connectivity index (χ2v) is 6.34. The zero-order valence-corrected chi connectivity index (χ0v) is 12.8. The molecule has 1 aromatic rings. The number of hydrogen-bond donors (Lipinski definition) is 1. The molecule has 1 amide bonds. The van der Waals surface area contributed by atoms with Crippen LogP contribution in [-0.4, -0.2) is 29.6 Å². The molecular weight excluding hydrogens is 252 g/mol. The molecule has 1 heterocycles. The van der Waals surface area contributed by atoms with Gasteiger partial charge in [0.2, 0.25) is 5.91 Å². The summed E-state index contributed by atoms with van der Waals surface area (Å²) >= 11 is 0. The van der Waals surface area contributed by atoms with E-state index in [4.69, 9.17) is 4.74 Å². The van der Waals surface area contributed by atoms with Crippen LogP contribution in [0.2, 0.25) is 0 Å². The minimum absolute atomic E-state index is 0.0337. The molecule has 1 aliphatic carbocycles. The lowest BCUT2D eigenvalue weighted by atomic mass is 9.56. The first-order chi connectivity index (χ1) is 9.39. The van der Waals surface area contributed by atoms with Crippen LogP contribution in [-0.2, 0) is 16.0 Å². The van der Waals surface area contributed by atoms with Crippen LogP contribution in [0.15, 0.2) is 24.5 Å². The Labute approximate surface area is 120 Å². The van der Waals surface area contributed by atoms with Gasteiger partial charge in [-0.15, -0.1) is 0 Å². The third-order valence-electron chi connectivity index (χ3n) is 5.00. The van der Waals surface area contributed by atoms with Gasteiger partial charge in [0.1, 0.15) is 0 Å². The van der Waals surface area contributed by atoms with Crippen molar-refractivity contribution in [2.24, 2.45) is 5.41 Å². The van der Waals surface area contributed by atoms with E-state index in [0.717, 1.165) is 18.4 Å². The van der Waals surface area contributed by atoms with Gasteiger partial charge >= 0.3 is 0 Å². The van der Waals surface area contributed by atoms with Gasteiger partial charge in [0.25, 0.3) is 0 Å². The largest absolute Gasteiger partial charge is 0.378 e. The molecule has 4 heteroatoms. The highest BCUT2D eigenvalue weighted by Gasteiger charge is 2.58. The van der Waals surface area contributed by atoms with E-state index in [1.165, 1.54) is 0 Å². The summed E-state index contributed by atoms with van der Waals surface area (Å²) in [6, 6.07) is 4.09. The molecule has 1 fully saturated rings. The Morgan fingerprint density at radius 1 is 1.40 bits per heavy atom. The second kappa shape index (κ2) is 5.52. The maximum absolute atomic E-state index is 12.0. The van der Waals surface area contributed by atoms with Crippen LogP contribution in [0.3, 0.4) is 0 Å². The molecule has 0 radical (unpaired) electrons. The molecule has 4 nitrogen and oxygen atoms in total. The Morgan fingerprint density at radius 3 is 2.60 bits per heavy atom. The van der Waals surface area contributed by atoms with Gasteiger partial charge in [0.05, 0.1) is 5.60 Å². The van der Waals surface area contributed by atoms with Crippen LogP contribution >= 0.6 is 0 Å². The molecule has 1 aromatic heterocycles. The van der Waals surface area contributed by atoms with Gasteiger partial charge in [0.15, 0.2) is 0 Å². The second-order valence-electron chi connectivity index (χ2n) is 6.34. The van der Waals surface area contributed by atoms with Crippen LogP contribution < -0.4 is 5.32 Å². The first kappa shape index (κ1) is 15.0. The molecule has 2 rings (SSSR count). The van der Waals surface area contributed by atoms with Crippen molar-refractivity contribution >= 4 is 5.91 Å². The Balaban J connectivity index is 1.82. The number of methoxy groups -OCH3 is 1. The highest BCUT2D eigenvalue weighted by Crippen LogP contribution is 2.51. The number of nitrogens with zero attached hydrogens (tertiary/aromatic N) is 1. The molecule has 0 bridgehead atoms. The van der Waals surface area contributed by atoms with Gasteiger partial charge < -0.3 is 10.1 Å².